The maximum atomic E-state index is 7.74. The summed E-state index contributed by atoms with van der Waals surface area (Å²) in [7, 11) is 0. The van der Waals surface area contributed by atoms with Gasteiger partial charge in [0.05, 0.1) is 34.1 Å². The van der Waals surface area contributed by atoms with Crippen molar-refractivity contribution in [1.82, 2.24) is 0 Å². The van der Waals surface area contributed by atoms with E-state index in [4.69, 9.17) is 8.83 Å². The van der Waals surface area contributed by atoms with Gasteiger partial charge in [-0.2, -0.15) is 0 Å². The Labute approximate surface area is 584 Å². The zero-order valence-electron chi connectivity index (χ0n) is 56.7. The van der Waals surface area contributed by atoms with E-state index in [0.29, 0.717) is 0 Å². The monoisotopic (exact) mass is 1290 g/mol. The number of benzene rings is 13. The van der Waals surface area contributed by atoms with E-state index in [9.17, 15) is 0 Å². The average molecular weight is 1290 g/mol. The third-order valence-corrected chi connectivity index (χ3v) is 20.8. The first-order valence-corrected chi connectivity index (χ1v) is 34.8. The minimum Gasteiger partial charge on any atom is -0.468 e. The minimum absolute atomic E-state index is 0.150. The highest BCUT2D eigenvalue weighted by molar-refractivity contribution is 7.02. The zero-order valence-corrected chi connectivity index (χ0v) is 56.7. The van der Waals surface area contributed by atoms with Crippen LogP contribution in [0.3, 0.4) is 0 Å². The van der Waals surface area contributed by atoms with Crippen LogP contribution < -0.4 is 62.6 Å². The van der Waals surface area contributed by atoms with E-state index in [0.717, 1.165) is 157 Å². The molecule has 8 nitrogen and oxygen atoms in total. The quantitative estimate of drug-likeness (QED) is 0.126. The van der Waals surface area contributed by atoms with Gasteiger partial charge in [0, 0.05) is 90.4 Å². The van der Waals surface area contributed by atoms with Crippen LogP contribution >= 0.6 is 0 Å². The van der Waals surface area contributed by atoms with Gasteiger partial charge < -0.3 is 38.2 Å². The lowest BCUT2D eigenvalue weighted by Gasteiger charge is -2.46. The maximum absolute atomic E-state index is 7.74. The van der Waals surface area contributed by atoms with E-state index < -0.39 is 13.4 Å². The smallest absolute Gasteiger partial charge is 0.297 e. The van der Waals surface area contributed by atoms with Crippen LogP contribution in [0.2, 0.25) is 0 Å². The molecule has 0 unspecified atom stereocenters. The van der Waals surface area contributed by atoms with Gasteiger partial charge in [-0.3, -0.25) is 0 Å². The van der Waals surface area contributed by atoms with E-state index in [2.05, 4.69) is 386 Å². The number of rotatable bonds is 10. The van der Waals surface area contributed by atoms with Crippen LogP contribution in [0.1, 0.15) is 52.7 Å². The first kappa shape index (κ1) is 59.2. The Morgan fingerprint density at radius 2 is 0.550 bits per heavy atom. The van der Waals surface area contributed by atoms with Crippen molar-refractivity contribution in [1.29, 1.82) is 0 Å². The molecular weight excluding hydrogens is 1220 g/mol. The van der Waals surface area contributed by atoms with Crippen molar-refractivity contribution in [2.45, 2.75) is 52.4 Å². The molecule has 13 aromatic carbocycles. The molecule has 0 saturated carbocycles. The predicted octanol–water partition coefficient (Wildman–Crippen LogP) is 20.9. The second-order valence-electron chi connectivity index (χ2n) is 28.9. The van der Waals surface area contributed by atoms with Gasteiger partial charge in [-0.15, -0.1) is 0 Å². The molecule has 0 spiro atoms. The van der Waals surface area contributed by atoms with Crippen LogP contribution in [-0.4, -0.2) is 13.4 Å². The number of hydrogen-bond donors (Lipinski definition) is 0. The Morgan fingerprint density at radius 1 is 0.270 bits per heavy atom. The first-order valence-electron chi connectivity index (χ1n) is 34.8. The molecule has 0 bridgehead atoms. The average Bonchev–Trinajstić information content (AvgIpc) is 1.20. The van der Waals surface area contributed by atoms with Gasteiger partial charge in [0.2, 0.25) is 0 Å². The Bertz CT molecular complexity index is 5240. The highest BCUT2D eigenvalue weighted by atomic mass is 16.3. The molecule has 100 heavy (non-hydrogen) atoms. The number of anilines is 18. The van der Waals surface area contributed by atoms with E-state index in [1.807, 2.05) is 0 Å². The summed E-state index contributed by atoms with van der Waals surface area (Å²) in [6.07, 6.45) is 0. The third kappa shape index (κ3) is 9.30. The molecule has 4 aliphatic heterocycles. The standard InChI is InChI=1S/C90H70B2N6O2/c1-89(2,3)59-47-49-81-71(51-59)85-87(99-81)91-73-57-74-76(58-75(73)95(65-39-23-11-24-40-65)77-53-69(55-79(83(77)91)97(85)67-43-27-13-28-44-67)93(61-31-15-7-16-32-61)62-33-17-8-18-34-62)96(66-41-25-12-26-42-66)78-54-70(94(63-35-19-9-20-36-63)64-37-21-10-22-38-64)56-80-84(78)92(74)88-86(98(80)68-45-29-14-30-46-68)72-52-60(90(4,5)6)48-50-82(72)100-88/h7-58H,1-6H3. The number of para-hydroxylation sites is 8. The van der Waals surface area contributed by atoms with Crippen molar-refractivity contribution < 1.29 is 8.83 Å². The fourth-order valence-corrected chi connectivity index (χ4v) is 16.2. The van der Waals surface area contributed by atoms with Gasteiger partial charge >= 0.3 is 0 Å². The molecule has 0 atom stereocenters. The van der Waals surface area contributed by atoms with Gasteiger partial charge in [0.1, 0.15) is 11.2 Å². The Balaban J connectivity index is 0.973. The lowest BCUT2D eigenvalue weighted by molar-refractivity contribution is 0.590. The molecule has 478 valence electrons. The summed E-state index contributed by atoms with van der Waals surface area (Å²) < 4.78 is 15.5. The lowest BCUT2D eigenvalue weighted by atomic mass is 9.32. The largest absolute Gasteiger partial charge is 0.468 e. The van der Waals surface area contributed by atoms with Crippen LogP contribution in [0.15, 0.2) is 324 Å². The molecule has 2 aromatic heterocycles. The minimum atomic E-state index is -0.408. The fourth-order valence-electron chi connectivity index (χ4n) is 16.2. The number of furan rings is 2. The van der Waals surface area contributed by atoms with Gasteiger partial charge in [-0.25, -0.2) is 0 Å². The molecule has 10 heteroatoms. The summed E-state index contributed by atoms with van der Waals surface area (Å²) in [5.74, 6) is 0. The molecule has 0 radical (unpaired) electrons. The van der Waals surface area contributed by atoms with Crippen molar-refractivity contribution in [2.75, 3.05) is 29.4 Å². The van der Waals surface area contributed by atoms with E-state index in [1.165, 1.54) is 11.1 Å². The Morgan fingerprint density at radius 3 is 0.850 bits per heavy atom. The summed E-state index contributed by atoms with van der Waals surface area (Å²) in [6, 6.07) is 116. The molecule has 0 fully saturated rings. The van der Waals surface area contributed by atoms with E-state index in [-0.39, 0.29) is 10.8 Å². The normalized spacial score (nSPS) is 13.4. The van der Waals surface area contributed by atoms with Crippen molar-refractivity contribution in [3.8, 4) is 0 Å². The highest BCUT2D eigenvalue weighted by Crippen LogP contribution is 2.54. The molecule has 0 aliphatic carbocycles. The molecule has 19 rings (SSSR count). The number of hydrogen-bond acceptors (Lipinski definition) is 8. The van der Waals surface area contributed by atoms with Crippen molar-refractivity contribution in [3.05, 3.63) is 327 Å². The summed E-state index contributed by atoms with van der Waals surface area (Å²) >= 11 is 0. The fraction of sp³-hybridized carbons (Fsp3) is 0.0889. The molecule has 0 saturated heterocycles. The Kier molecular flexibility index (Phi) is 13.4. The molecule has 0 N–H and O–H groups in total. The predicted molar refractivity (Wildman–Crippen MR) is 421 cm³/mol. The summed E-state index contributed by atoms with van der Waals surface area (Å²) in [4.78, 5) is 14.9. The van der Waals surface area contributed by atoms with Crippen LogP contribution in [0, 0.1) is 0 Å². The van der Waals surface area contributed by atoms with Crippen molar-refractivity contribution in [3.63, 3.8) is 0 Å². The SMILES string of the molecule is CC(C)(C)c1ccc2oc3c(c2c1)N(c1ccccc1)c1cc(N(c2ccccc2)c2ccccc2)cc2c1B3c1cc3c(cc1N2c1ccccc1)N(c1ccccc1)c1cc(N(c2ccccc2)c2ccccc2)cc2c1B3c1oc3ccc(C(C)(C)C)cc3c1N2c1ccccc1. The topological polar surface area (TPSA) is 45.7 Å². The number of nitrogens with zero attached hydrogens (tertiary/aromatic N) is 6. The van der Waals surface area contributed by atoms with Gasteiger partial charge in [-0.1, -0.05) is 205 Å². The van der Waals surface area contributed by atoms with E-state index >= 15 is 0 Å². The molecule has 15 aromatic rings. The van der Waals surface area contributed by atoms with Gasteiger partial charge in [0.15, 0.2) is 0 Å². The summed E-state index contributed by atoms with van der Waals surface area (Å²) in [5.41, 5.74) is 28.9. The highest BCUT2D eigenvalue weighted by Gasteiger charge is 2.52. The summed E-state index contributed by atoms with van der Waals surface area (Å²) in [6.45, 7) is 13.0. The van der Waals surface area contributed by atoms with Crippen LogP contribution in [-0.2, 0) is 10.8 Å². The Hall–Kier alpha value is -12.1. The molecule has 0 amide bonds. The van der Waals surface area contributed by atoms with Crippen LogP contribution in [0.4, 0.5) is 102 Å². The van der Waals surface area contributed by atoms with E-state index in [1.54, 1.807) is 0 Å². The second-order valence-corrected chi connectivity index (χ2v) is 28.9. The second kappa shape index (κ2) is 22.7. The maximum Gasteiger partial charge on any atom is 0.297 e. The van der Waals surface area contributed by atoms with Gasteiger partial charge in [0.25, 0.3) is 13.4 Å². The first-order chi connectivity index (χ1) is 48.9. The van der Waals surface area contributed by atoms with Crippen molar-refractivity contribution >= 4 is 171 Å². The molecular formula is C90H70B2N6O2. The molecule has 6 heterocycles. The van der Waals surface area contributed by atoms with Crippen LogP contribution in [0.25, 0.3) is 21.9 Å². The van der Waals surface area contributed by atoms with Crippen molar-refractivity contribution in [2.24, 2.45) is 0 Å². The molecule has 4 aliphatic rings. The lowest BCUT2D eigenvalue weighted by Crippen LogP contribution is -2.65. The van der Waals surface area contributed by atoms with Crippen LogP contribution in [0.5, 0.6) is 0 Å². The number of fused-ring (bicyclic) bond motifs is 12. The third-order valence-electron chi connectivity index (χ3n) is 20.8. The summed E-state index contributed by atoms with van der Waals surface area (Å²) in [5, 5.41) is 2.13. The van der Waals surface area contributed by atoms with Gasteiger partial charge in [-0.05, 0) is 195 Å². The zero-order chi connectivity index (χ0) is 67.1.